The van der Waals surface area contributed by atoms with Gasteiger partial charge in [0.25, 0.3) is 5.69 Å². The third kappa shape index (κ3) is 4.13. The molecule has 1 aromatic heterocycles. The van der Waals surface area contributed by atoms with Gasteiger partial charge in [-0.15, -0.1) is 0 Å². The second-order valence-electron chi connectivity index (χ2n) is 5.67. The normalized spacial score (nSPS) is 10.4. The number of nitro groups is 1. The Morgan fingerprint density at radius 1 is 1.23 bits per heavy atom. The van der Waals surface area contributed by atoms with E-state index in [0.717, 1.165) is 11.3 Å². The Morgan fingerprint density at radius 3 is 2.73 bits per heavy atom. The lowest BCUT2D eigenvalue weighted by molar-refractivity contribution is -0.385. The predicted octanol–water partition coefficient (Wildman–Crippen LogP) is 4.84. The first kappa shape index (κ1) is 17.3. The molecule has 0 aliphatic rings. The van der Waals surface area contributed by atoms with E-state index in [9.17, 15) is 14.5 Å². The van der Waals surface area contributed by atoms with Crippen LogP contribution >= 0.6 is 0 Å². The summed E-state index contributed by atoms with van der Waals surface area (Å²) in [6.07, 6.45) is 3.11. The van der Waals surface area contributed by atoms with Crippen molar-refractivity contribution in [2.75, 3.05) is 5.32 Å². The highest BCUT2D eigenvalue weighted by Crippen LogP contribution is 2.25. The van der Waals surface area contributed by atoms with Gasteiger partial charge in [-0.1, -0.05) is 6.07 Å². The molecule has 0 saturated carbocycles. The fourth-order valence-electron chi connectivity index (χ4n) is 2.45. The van der Waals surface area contributed by atoms with Crippen LogP contribution in [0.3, 0.4) is 0 Å². The van der Waals surface area contributed by atoms with E-state index in [-0.39, 0.29) is 11.4 Å². The number of aromatic nitrogens is 1. The molecule has 3 rings (SSSR count). The minimum atomic E-state index is -0.479. The predicted molar refractivity (Wildman–Crippen MR) is 95.9 cm³/mol. The number of aryl methyl sites for hydroxylation is 1. The van der Waals surface area contributed by atoms with Crippen molar-refractivity contribution in [3.05, 3.63) is 88.0 Å². The van der Waals surface area contributed by atoms with Crippen LogP contribution in [0.5, 0.6) is 11.5 Å². The Bertz CT molecular complexity index is 933. The fraction of sp³-hybridized carbons (Fsp3) is 0.105. The smallest absolute Gasteiger partial charge is 0.272 e. The molecule has 26 heavy (non-hydrogen) atoms. The third-order valence-electron chi connectivity index (χ3n) is 3.75. The number of pyridine rings is 1. The summed E-state index contributed by atoms with van der Waals surface area (Å²) in [5, 5.41) is 14.0. The van der Waals surface area contributed by atoms with Gasteiger partial charge < -0.3 is 10.1 Å². The molecule has 0 aliphatic carbocycles. The Labute approximate surface area is 149 Å². The quantitative estimate of drug-likeness (QED) is 0.507. The average molecular weight is 353 g/mol. The molecule has 0 radical (unpaired) electrons. The molecule has 0 unspecified atom stereocenters. The fourth-order valence-corrected chi connectivity index (χ4v) is 2.45. The van der Waals surface area contributed by atoms with E-state index in [1.807, 2.05) is 0 Å². The van der Waals surface area contributed by atoms with Gasteiger partial charge in [-0.25, -0.2) is 4.39 Å². The van der Waals surface area contributed by atoms with Crippen molar-refractivity contribution < 1.29 is 14.1 Å². The number of anilines is 1. The summed E-state index contributed by atoms with van der Waals surface area (Å²) in [7, 11) is 0. The molecule has 0 bridgehead atoms. The highest BCUT2D eigenvalue weighted by atomic mass is 19.1. The standard InChI is InChI=1S/C19H16FN3O3/c1-13-9-15(5-6-18(13)23(24)25)22-11-14-4-7-19(17(20)10-14)26-16-3-2-8-21-12-16/h2-10,12,22H,11H2,1H3. The van der Waals surface area contributed by atoms with Crippen molar-refractivity contribution in [3.63, 3.8) is 0 Å². The van der Waals surface area contributed by atoms with Crippen molar-refractivity contribution >= 4 is 11.4 Å². The second-order valence-corrected chi connectivity index (χ2v) is 5.67. The maximum atomic E-state index is 14.2. The largest absolute Gasteiger partial charge is 0.453 e. The maximum Gasteiger partial charge on any atom is 0.272 e. The summed E-state index contributed by atoms with van der Waals surface area (Å²) in [6, 6.07) is 12.9. The van der Waals surface area contributed by atoms with Crippen LogP contribution < -0.4 is 10.1 Å². The molecule has 1 N–H and O–H groups in total. The molecule has 0 spiro atoms. The minimum Gasteiger partial charge on any atom is -0.453 e. The zero-order chi connectivity index (χ0) is 18.5. The Kier molecular flexibility index (Phi) is 5.07. The first-order valence-electron chi connectivity index (χ1n) is 7.88. The van der Waals surface area contributed by atoms with Crippen LogP contribution in [0.15, 0.2) is 60.9 Å². The summed E-state index contributed by atoms with van der Waals surface area (Å²) < 4.78 is 19.7. The summed E-state index contributed by atoms with van der Waals surface area (Å²) in [5.74, 6) is 0.0968. The number of halogens is 1. The van der Waals surface area contributed by atoms with Gasteiger partial charge in [0.05, 0.1) is 11.1 Å². The van der Waals surface area contributed by atoms with E-state index >= 15 is 0 Å². The van der Waals surface area contributed by atoms with Crippen LogP contribution in [0.25, 0.3) is 0 Å². The number of hydrogen-bond acceptors (Lipinski definition) is 5. The van der Waals surface area contributed by atoms with Crippen LogP contribution in [0, 0.1) is 22.9 Å². The van der Waals surface area contributed by atoms with Crippen LogP contribution in [0.2, 0.25) is 0 Å². The van der Waals surface area contributed by atoms with Gasteiger partial charge in [-0.2, -0.15) is 0 Å². The van der Waals surface area contributed by atoms with Gasteiger partial charge in [-0.3, -0.25) is 15.1 Å². The van der Waals surface area contributed by atoms with E-state index in [1.165, 1.54) is 18.3 Å². The molecule has 1 heterocycles. The molecule has 3 aromatic rings. The zero-order valence-corrected chi connectivity index (χ0v) is 14.0. The monoisotopic (exact) mass is 353 g/mol. The van der Waals surface area contributed by atoms with E-state index in [1.54, 1.807) is 49.5 Å². The molecule has 132 valence electrons. The lowest BCUT2D eigenvalue weighted by Crippen LogP contribution is -2.01. The van der Waals surface area contributed by atoms with Crippen LogP contribution in [0.4, 0.5) is 15.8 Å². The van der Waals surface area contributed by atoms with Gasteiger partial charge in [0.1, 0.15) is 5.75 Å². The molecule has 0 amide bonds. The average Bonchev–Trinajstić information content (AvgIpc) is 2.62. The Balaban J connectivity index is 1.66. The molecule has 0 aliphatic heterocycles. The SMILES string of the molecule is Cc1cc(NCc2ccc(Oc3cccnc3)c(F)c2)ccc1[N+](=O)[O-]. The van der Waals surface area contributed by atoms with Crippen LogP contribution in [-0.4, -0.2) is 9.91 Å². The number of ether oxygens (including phenoxy) is 1. The van der Waals surface area contributed by atoms with E-state index in [2.05, 4.69) is 10.3 Å². The van der Waals surface area contributed by atoms with Crippen LogP contribution in [0.1, 0.15) is 11.1 Å². The zero-order valence-electron chi connectivity index (χ0n) is 14.0. The van der Waals surface area contributed by atoms with Crippen molar-refractivity contribution in [2.24, 2.45) is 0 Å². The topological polar surface area (TPSA) is 77.3 Å². The van der Waals surface area contributed by atoms with Crippen molar-refractivity contribution in [2.45, 2.75) is 13.5 Å². The summed E-state index contributed by atoms with van der Waals surface area (Å²) in [6.45, 7) is 2.05. The Hall–Kier alpha value is -3.48. The van der Waals surface area contributed by atoms with Gasteiger partial charge in [0, 0.05) is 30.1 Å². The third-order valence-corrected chi connectivity index (χ3v) is 3.75. The molecule has 0 fully saturated rings. The first-order chi connectivity index (χ1) is 12.5. The van der Waals surface area contributed by atoms with Crippen molar-refractivity contribution in [3.8, 4) is 11.5 Å². The van der Waals surface area contributed by atoms with Gasteiger partial charge >= 0.3 is 0 Å². The van der Waals surface area contributed by atoms with E-state index < -0.39 is 10.7 Å². The summed E-state index contributed by atoms with van der Waals surface area (Å²) in [5.41, 5.74) is 2.08. The van der Waals surface area contributed by atoms with Gasteiger partial charge in [0.15, 0.2) is 11.6 Å². The molecule has 6 nitrogen and oxygen atoms in total. The lowest BCUT2D eigenvalue weighted by Gasteiger charge is -2.10. The second kappa shape index (κ2) is 7.60. The number of hydrogen-bond donors (Lipinski definition) is 1. The molecular formula is C19H16FN3O3. The van der Waals surface area contributed by atoms with E-state index in [4.69, 9.17) is 4.74 Å². The molecular weight excluding hydrogens is 337 g/mol. The van der Waals surface area contributed by atoms with Gasteiger partial charge in [0.2, 0.25) is 0 Å². The Morgan fingerprint density at radius 2 is 2.08 bits per heavy atom. The number of benzene rings is 2. The number of nitrogens with one attached hydrogen (secondary N) is 1. The van der Waals surface area contributed by atoms with Crippen LogP contribution in [-0.2, 0) is 6.54 Å². The van der Waals surface area contributed by atoms with Crippen molar-refractivity contribution in [1.29, 1.82) is 0 Å². The first-order valence-corrected chi connectivity index (χ1v) is 7.88. The number of rotatable bonds is 6. The highest BCUT2D eigenvalue weighted by Gasteiger charge is 2.10. The summed E-state index contributed by atoms with van der Waals surface area (Å²) >= 11 is 0. The molecule has 2 aromatic carbocycles. The lowest BCUT2D eigenvalue weighted by atomic mass is 10.1. The highest BCUT2D eigenvalue weighted by molar-refractivity contribution is 5.53. The maximum absolute atomic E-state index is 14.2. The number of nitro benzene ring substituents is 1. The van der Waals surface area contributed by atoms with Gasteiger partial charge in [-0.05, 0) is 48.9 Å². The molecule has 0 atom stereocenters. The molecule has 7 heteroatoms. The minimum absolute atomic E-state index is 0.0681. The van der Waals surface area contributed by atoms with E-state index in [0.29, 0.717) is 17.9 Å². The number of nitrogens with zero attached hydrogens (tertiary/aromatic N) is 2. The van der Waals surface area contributed by atoms with Crippen molar-refractivity contribution in [1.82, 2.24) is 4.98 Å². The summed E-state index contributed by atoms with van der Waals surface area (Å²) in [4.78, 5) is 14.3. The molecule has 0 saturated heterocycles.